The van der Waals surface area contributed by atoms with Crippen molar-refractivity contribution in [1.82, 2.24) is 0 Å². The first-order valence-electron chi connectivity index (χ1n) is 4.76. The number of hydrogen-bond donors (Lipinski definition) is 1. The van der Waals surface area contributed by atoms with E-state index in [0.717, 1.165) is 12.0 Å². The third-order valence-corrected chi connectivity index (χ3v) is 2.19. The summed E-state index contributed by atoms with van der Waals surface area (Å²) in [6.07, 6.45) is 1.51. The molecule has 4 nitrogen and oxygen atoms in total. The van der Waals surface area contributed by atoms with Crippen molar-refractivity contribution >= 4 is 5.69 Å². The van der Waals surface area contributed by atoms with Gasteiger partial charge in [-0.1, -0.05) is 18.1 Å². The van der Waals surface area contributed by atoms with Crippen molar-refractivity contribution in [2.24, 2.45) is 10.8 Å². The zero-order valence-corrected chi connectivity index (χ0v) is 8.52. The second kappa shape index (κ2) is 5.34. The van der Waals surface area contributed by atoms with E-state index in [1.54, 1.807) is 6.07 Å². The molecule has 0 aliphatic carbocycles. The van der Waals surface area contributed by atoms with E-state index in [1.807, 2.05) is 6.92 Å². The maximum Gasteiger partial charge on any atom is 0.132 e. The summed E-state index contributed by atoms with van der Waals surface area (Å²) in [6, 6.07) is 4.53. The van der Waals surface area contributed by atoms with Crippen molar-refractivity contribution < 1.29 is 4.39 Å². The van der Waals surface area contributed by atoms with Crippen LogP contribution in [0.2, 0.25) is 0 Å². The SMILES string of the molecule is CCC(N)Cc1ccc(F)c(N=[N+]=[N-])c1. The lowest BCUT2D eigenvalue weighted by atomic mass is 10.0. The molecule has 5 heteroatoms. The molecule has 1 atom stereocenters. The van der Waals surface area contributed by atoms with Gasteiger partial charge >= 0.3 is 0 Å². The predicted octanol–water partition coefficient (Wildman–Crippen LogP) is 3.05. The van der Waals surface area contributed by atoms with Gasteiger partial charge in [0.15, 0.2) is 0 Å². The largest absolute Gasteiger partial charge is 0.327 e. The van der Waals surface area contributed by atoms with Crippen molar-refractivity contribution in [1.29, 1.82) is 0 Å². The molecule has 0 saturated carbocycles. The van der Waals surface area contributed by atoms with E-state index in [0.29, 0.717) is 6.42 Å². The van der Waals surface area contributed by atoms with Crippen molar-refractivity contribution in [3.63, 3.8) is 0 Å². The standard InChI is InChI=1S/C10H13FN4/c1-2-8(12)5-7-3-4-9(11)10(6-7)14-15-13/h3-4,6,8H,2,5,12H2,1H3. The van der Waals surface area contributed by atoms with E-state index in [2.05, 4.69) is 10.0 Å². The molecule has 0 spiro atoms. The quantitative estimate of drug-likeness (QED) is 0.461. The Kier molecular flexibility index (Phi) is 4.09. The van der Waals surface area contributed by atoms with Gasteiger partial charge in [0.2, 0.25) is 0 Å². The van der Waals surface area contributed by atoms with Crippen molar-refractivity contribution in [3.05, 3.63) is 40.0 Å². The molecule has 1 unspecified atom stereocenters. The molecule has 1 aromatic carbocycles. The summed E-state index contributed by atoms with van der Waals surface area (Å²) in [4.78, 5) is 2.56. The van der Waals surface area contributed by atoms with Gasteiger partial charge in [0, 0.05) is 11.0 Å². The van der Waals surface area contributed by atoms with E-state index in [9.17, 15) is 4.39 Å². The summed E-state index contributed by atoms with van der Waals surface area (Å²) < 4.78 is 13.1. The molecule has 0 aliphatic heterocycles. The van der Waals surface area contributed by atoms with Gasteiger partial charge < -0.3 is 5.73 Å². The molecule has 0 radical (unpaired) electrons. The first-order chi connectivity index (χ1) is 7.17. The van der Waals surface area contributed by atoms with Crippen molar-refractivity contribution in [2.45, 2.75) is 25.8 Å². The van der Waals surface area contributed by atoms with E-state index in [-0.39, 0.29) is 11.7 Å². The van der Waals surface area contributed by atoms with Crippen LogP contribution in [-0.4, -0.2) is 6.04 Å². The topological polar surface area (TPSA) is 74.8 Å². The van der Waals surface area contributed by atoms with Crippen LogP contribution in [0.15, 0.2) is 23.3 Å². The molecular weight excluding hydrogens is 195 g/mol. The minimum atomic E-state index is -0.512. The Labute approximate surface area is 87.5 Å². The number of azide groups is 1. The highest BCUT2D eigenvalue weighted by Crippen LogP contribution is 2.20. The second-order valence-electron chi connectivity index (χ2n) is 3.35. The number of benzene rings is 1. The third kappa shape index (κ3) is 3.23. The fourth-order valence-electron chi connectivity index (χ4n) is 1.26. The number of nitrogens with zero attached hydrogens (tertiary/aromatic N) is 3. The molecule has 0 aromatic heterocycles. The van der Waals surface area contributed by atoms with Crippen molar-refractivity contribution in [3.8, 4) is 0 Å². The van der Waals surface area contributed by atoms with E-state index in [1.165, 1.54) is 12.1 Å². The van der Waals surface area contributed by atoms with E-state index in [4.69, 9.17) is 11.3 Å². The second-order valence-corrected chi connectivity index (χ2v) is 3.35. The monoisotopic (exact) mass is 208 g/mol. The Morgan fingerprint density at radius 3 is 2.93 bits per heavy atom. The van der Waals surface area contributed by atoms with Crippen molar-refractivity contribution in [2.75, 3.05) is 0 Å². The first-order valence-corrected chi connectivity index (χ1v) is 4.76. The third-order valence-electron chi connectivity index (χ3n) is 2.19. The van der Waals surface area contributed by atoms with Gasteiger partial charge in [-0.05, 0) is 36.1 Å². The highest BCUT2D eigenvalue weighted by atomic mass is 19.1. The molecule has 0 bridgehead atoms. The molecule has 0 saturated heterocycles. The predicted molar refractivity (Wildman–Crippen MR) is 57.2 cm³/mol. The van der Waals surface area contributed by atoms with E-state index < -0.39 is 5.82 Å². The maximum atomic E-state index is 13.1. The Morgan fingerprint density at radius 1 is 1.60 bits per heavy atom. The Bertz CT molecular complexity index is 385. The molecule has 0 heterocycles. The number of hydrogen-bond acceptors (Lipinski definition) is 2. The summed E-state index contributed by atoms with van der Waals surface area (Å²) in [5.74, 6) is -0.512. The maximum absolute atomic E-state index is 13.1. The summed E-state index contributed by atoms with van der Waals surface area (Å²) in [7, 11) is 0. The molecular formula is C10H13FN4. The van der Waals surface area contributed by atoms with Gasteiger partial charge in [0.05, 0.1) is 5.69 Å². The zero-order valence-electron chi connectivity index (χ0n) is 8.52. The highest BCUT2D eigenvalue weighted by molar-refractivity contribution is 5.41. The molecule has 1 aromatic rings. The minimum absolute atomic E-state index is 0.0262. The Balaban J connectivity index is 2.92. The lowest BCUT2D eigenvalue weighted by molar-refractivity contribution is 0.623. The van der Waals surface area contributed by atoms with Crippen LogP contribution in [0.25, 0.3) is 10.4 Å². The molecule has 0 amide bonds. The van der Waals surface area contributed by atoms with Crippen LogP contribution in [0.4, 0.5) is 10.1 Å². The van der Waals surface area contributed by atoms with Crippen LogP contribution >= 0.6 is 0 Å². The average molecular weight is 208 g/mol. The molecule has 1 rings (SSSR count). The number of rotatable bonds is 4. The number of nitrogens with two attached hydrogens (primary N) is 1. The molecule has 80 valence electrons. The van der Waals surface area contributed by atoms with Gasteiger partial charge in [-0.25, -0.2) is 4.39 Å². The van der Waals surface area contributed by atoms with Gasteiger partial charge in [0.25, 0.3) is 0 Å². The lowest BCUT2D eigenvalue weighted by Crippen LogP contribution is -2.21. The van der Waals surface area contributed by atoms with Crippen LogP contribution in [-0.2, 0) is 6.42 Å². The fraction of sp³-hybridized carbons (Fsp3) is 0.400. The lowest BCUT2D eigenvalue weighted by Gasteiger charge is -2.09. The Morgan fingerprint density at radius 2 is 2.33 bits per heavy atom. The molecule has 15 heavy (non-hydrogen) atoms. The molecule has 2 N–H and O–H groups in total. The molecule has 0 aliphatic rings. The molecule has 0 fully saturated rings. The van der Waals surface area contributed by atoms with Gasteiger partial charge in [-0.3, -0.25) is 0 Å². The smallest absolute Gasteiger partial charge is 0.132 e. The highest BCUT2D eigenvalue weighted by Gasteiger charge is 2.05. The van der Waals surface area contributed by atoms with Crippen LogP contribution in [0, 0.1) is 5.82 Å². The van der Waals surface area contributed by atoms with Crippen LogP contribution in [0.3, 0.4) is 0 Å². The van der Waals surface area contributed by atoms with Crippen LogP contribution < -0.4 is 5.73 Å². The summed E-state index contributed by atoms with van der Waals surface area (Å²) in [6.45, 7) is 1.99. The van der Waals surface area contributed by atoms with Gasteiger partial charge in [-0.15, -0.1) is 0 Å². The van der Waals surface area contributed by atoms with Gasteiger partial charge in [0.1, 0.15) is 5.82 Å². The zero-order chi connectivity index (χ0) is 11.3. The first kappa shape index (κ1) is 11.5. The summed E-state index contributed by atoms with van der Waals surface area (Å²) in [5.41, 5.74) is 14.9. The number of halogens is 1. The van der Waals surface area contributed by atoms with Crippen LogP contribution in [0.1, 0.15) is 18.9 Å². The average Bonchev–Trinajstić information content (AvgIpc) is 2.23. The van der Waals surface area contributed by atoms with E-state index >= 15 is 0 Å². The van der Waals surface area contributed by atoms with Crippen LogP contribution in [0.5, 0.6) is 0 Å². The Hall–Kier alpha value is -1.58. The van der Waals surface area contributed by atoms with Gasteiger partial charge in [-0.2, -0.15) is 0 Å². The normalized spacial score (nSPS) is 11.9. The summed E-state index contributed by atoms with van der Waals surface area (Å²) >= 11 is 0. The fourth-order valence-corrected chi connectivity index (χ4v) is 1.26. The minimum Gasteiger partial charge on any atom is -0.327 e. The summed E-state index contributed by atoms with van der Waals surface area (Å²) in [5, 5.41) is 3.26.